The van der Waals surface area contributed by atoms with Crippen molar-refractivity contribution in [3.63, 3.8) is 0 Å². The average Bonchev–Trinajstić information content (AvgIpc) is 3.57. The minimum absolute atomic E-state index is 0.0276. The molecule has 0 bridgehead atoms. The van der Waals surface area contributed by atoms with Gasteiger partial charge in [-0.25, -0.2) is 18.1 Å². The van der Waals surface area contributed by atoms with Gasteiger partial charge in [-0.05, 0) is 48.1 Å². The van der Waals surface area contributed by atoms with E-state index in [1.807, 2.05) is 18.2 Å². The summed E-state index contributed by atoms with van der Waals surface area (Å²) in [7, 11) is -1.93. The monoisotopic (exact) mass is 508 g/mol. The fraction of sp³-hybridized carbons (Fsp3) is 0.464. The molecule has 0 saturated heterocycles. The molecular weight excluding hydrogens is 472 g/mol. The number of imidazole rings is 1. The minimum Gasteiger partial charge on any atom is -0.492 e. The number of sulfonamides is 1. The van der Waals surface area contributed by atoms with Crippen LogP contribution in [-0.4, -0.2) is 37.2 Å². The van der Waals surface area contributed by atoms with E-state index in [2.05, 4.69) is 45.4 Å². The number of hydrogen-bond donors (Lipinski definition) is 2. The van der Waals surface area contributed by atoms with Crippen LogP contribution in [0.1, 0.15) is 54.7 Å². The van der Waals surface area contributed by atoms with Crippen LogP contribution in [0.15, 0.2) is 66.1 Å². The van der Waals surface area contributed by atoms with Gasteiger partial charge in [-0.3, -0.25) is 0 Å². The molecule has 1 fully saturated rings. The van der Waals surface area contributed by atoms with Crippen molar-refractivity contribution in [1.82, 2.24) is 19.6 Å². The molecule has 2 heterocycles. The highest BCUT2D eigenvalue weighted by atomic mass is 32.2. The molecule has 1 aromatic heterocycles. The van der Waals surface area contributed by atoms with Crippen LogP contribution in [0, 0.1) is 5.92 Å². The predicted molar refractivity (Wildman–Crippen MR) is 140 cm³/mol. The first-order valence-corrected chi connectivity index (χ1v) is 14.5. The number of nitrogens with one attached hydrogen (secondary N) is 2. The summed E-state index contributed by atoms with van der Waals surface area (Å²) in [6.45, 7) is 1.84. The van der Waals surface area contributed by atoms with Gasteiger partial charge >= 0.3 is 0 Å². The lowest BCUT2D eigenvalue weighted by Gasteiger charge is -2.35. The van der Waals surface area contributed by atoms with E-state index in [1.54, 1.807) is 11.6 Å². The van der Waals surface area contributed by atoms with Gasteiger partial charge in [0.15, 0.2) is 5.03 Å². The van der Waals surface area contributed by atoms with Gasteiger partial charge in [0.25, 0.3) is 10.0 Å². The molecule has 2 atom stereocenters. The summed E-state index contributed by atoms with van der Waals surface area (Å²) in [4.78, 5) is 3.98. The van der Waals surface area contributed by atoms with Gasteiger partial charge in [0, 0.05) is 31.7 Å². The third kappa shape index (κ3) is 5.99. The lowest BCUT2D eigenvalue weighted by molar-refractivity contribution is 0.209. The molecule has 0 spiro atoms. The van der Waals surface area contributed by atoms with E-state index in [-0.39, 0.29) is 23.5 Å². The van der Waals surface area contributed by atoms with Gasteiger partial charge in [-0.1, -0.05) is 68.1 Å². The van der Waals surface area contributed by atoms with E-state index >= 15 is 0 Å². The van der Waals surface area contributed by atoms with Crippen molar-refractivity contribution in [2.75, 3.05) is 13.2 Å². The molecule has 36 heavy (non-hydrogen) atoms. The molecule has 2 aliphatic rings. The highest BCUT2D eigenvalue weighted by molar-refractivity contribution is 7.89. The minimum atomic E-state index is -3.68. The standard InChI is InChI=1S/C28H36N4O3S/c1-32-18-28(30-20-32)36(33,34)31-17-23-11-12-27-25(16-23)24(15-22-9-3-2-4-10-22)26(19-35-27)29-14-13-21-7-5-6-8-21/h2-4,9-12,16,18,20-21,24,26,29,31H,5-8,13-15,17,19H2,1H3/t24-,26+/m1/s1. The lowest BCUT2D eigenvalue weighted by Crippen LogP contribution is -2.44. The van der Waals surface area contributed by atoms with Crippen LogP contribution in [0.4, 0.5) is 0 Å². The molecule has 7 nitrogen and oxygen atoms in total. The molecular formula is C28H36N4O3S. The summed E-state index contributed by atoms with van der Waals surface area (Å²) >= 11 is 0. The molecule has 2 N–H and O–H groups in total. The van der Waals surface area contributed by atoms with E-state index < -0.39 is 10.0 Å². The number of ether oxygens (including phenoxy) is 1. The predicted octanol–water partition coefficient (Wildman–Crippen LogP) is 4.16. The second-order valence-corrected chi connectivity index (χ2v) is 11.9. The first-order valence-electron chi connectivity index (χ1n) is 13.0. The number of aryl methyl sites for hydroxylation is 1. The van der Waals surface area contributed by atoms with Crippen LogP contribution in [0.3, 0.4) is 0 Å². The molecule has 3 aromatic rings. The van der Waals surface area contributed by atoms with E-state index in [0.717, 1.165) is 35.8 Å². The van der Waals surface area contributed by atoms with Crippen LogP contribution in [0.5, 0.6) is 5.75 Å². The number of fused-ring (bicyclic) bond motifs is 1. The van der Waals surface area contributed by atoms with Gasteiger partial charge in [-0.15, -0.1) is 0 Å². The summed E-state index contributed by atoms with van der Waals surface area (Å²) in [6, 6.07) is 16.8. The molecule has 1 aliphatic carbocycles. The Hall–Kier alpha value is -2.68. The summed E-state index contributed by atoms with van der Waals surface area (Å²) < 4.78 is 35.8. The van der Waals surface area contributed by atoms with Crippen LogP contribution in [-0.2, 0) is 30.0 Å². The van der Waals surface area contributed by atoms with Crippen LogP contribution >= 0.6 is 0 Å². The van der Waals surface area contributed by atoms with Crippen molar-refractivity contribution in [3.05, 3.63) is 77.7 Å². The number of hydrogen-bond acceptors (Lipinski definition) is 5. The molecule has 192 valence electrons. The zero-order chi connectivity index (χ0) is 25.0. The van der Waals surface area contributed by atoms with Crippen molar-refractivity contribution >= 4 is 10.0 Å². The van der Waals surface area contributed by atoms with Gasteiger partial charge in [-0.2, -0.15) is 0 Å². The first kappa shape index (κ1) is 25.0. The Balaban J connectivity index is 1.33. The molecule has 2 aromatic carbocycles. The Morgan fingerprint density at radius 3 is 2.64 bits per heavy atom. The van der Waals surface area contributed by atoms with Crippen molar-refractivity contribution in [2.24, 2.45) is 13.0 Å². The van der Waals surface area contributed by atoms with Crippen molar-refractivity contribution in [2.45, 2.75) is 62.1 Å². The largest absolute Gasteiger partial charge is 0.492 e. The maximum atomic E-state index is 12.7. The van der Waals surface area contributed by atoms with Crippen LogP contribution < -0.4 is 14.8 Å². The van der Waals surface area contributed by atoms with E-state index in [9.17, 15) is 8.42 Å². The normalized spacial score (nSPS) is 20.2. The first-order chi connectivity index (χ1) is 17.5. The number of aromatic nitrogens is 2. The Morgan fingerprint density at radius 2 is 1.89 bits per heavy atom. The zero-order valence-electron chi connectivity index (χ0n) is 20.9. The fourth-order valence-corrected chi connectivity index (χ4v) is 6.51. The lowest BCUT2D eigenvalue weighted by atomic mass is 9.83. The Kier molecular flexibility index (Phi) is 7.74. The molecule has 8 heteroatoms. The van der Waals surface area contributed by atoms with E-state index in [0.29, 0.717) is 6.61 Å². The Bertz CT molecular complexity index is 1250. The van der Waals surface area contributed by atoms with Gasteiger partial charge in [0.2, 0.25) is 0 Å². The van der Waals surface area contributed by atoms with Crippen molar-refractivity contribution in [1.29, 1.82) is 0 Å². The summed E-state index contributed by atoms with van der Waals surface area (Å²) in [5, 5.41) is 3.84. The Labute approximate surface area is 214 Å². The summed E-state index contributed by atoms with van der Waals surface area (Å²) in [5.41, 5.74) is 3.33. The van der Waals surface area contributed by atoms with Crippen molar-refractivity contribution in [3.8, 4) is 5.75 Å². The third-order valence-corrected chi connectivity index (χ3v) is 8.82. The smallest absolute Gasteiger partial charge is 0.259 e. The Morgan fingerprint density at radius 1 is 1.08 bits per heavy atom. The van der Waals surface area contributed by atoms with Gasteiger partial charge in [0.1, 0.15) is 12.4 Å². The highest BCUT2D eigenvalue weighted by Crippen LogP contribution is 2.37. The van der Waals surface area contributed by atoms with Gasteiger partial charge in [0.05, 0.1) is 6.33 Å². The topological polar surface area (TPSA) is 85.2 Å². The van der Waals surface area contributed by atoms with Crippen LogP contribution in [0.2, 0.25) is 0 Å². The second kappa shape index (κ2) is 11.2. The number of benzene rings is 2. The third-order valence-electron chi connectivity index (χ3n) is 7.53. The van der Waals surface area contributed by atoms with Crippen molar-refractivity contribution < 1.29 is 13.2 Å². The van der Waals surface area contributed by atoms with E-state index in [4.69, 9.17) is 4.74 Å². The summed E-state index contributed by atoms with van der Waals surface area (Å²) in [5.74, 6) is 1.98. The van der Waals surface area contributed by atoms with Gasteiger partial charge < -0.3 is 14.6 Å². The molecule has 1 saturated carbocycles. The maximum absolute atomic E-state index is 12.7. The molecule has 0 radical (unpaired) electrons. The summed E-state index contributed by atoms with van der Waals surface area (Å²) in [6.07, 6.45) is 10.6. The molecule has 0 amide bonds. The quantitative estimate of drug-likeness (QED) is 0.430. The van der Waals surface area contributed by atoms with E-state index in [1.165, 1.54) is 50.2 Å². The SMILES string of the molecule is Cn1cnc(S(=O)(=O)NCc2ccc3c(c2)[C@@H](Cc2ccccc2)[C@@H](NCCC2CCCC2)CO3)c1. The number of nitrogens with zero attached hydrogens (tertiary/aromatic N) is 2. The zero-order valence-corrected chi connectivity index (χ0v) is 21.7. The molecule has 0 unspecified atom stereocenters. The fourth-order valence-electron chi connectivity index (χ4n) is 5.51. The molecule has 1 aliphatic heterocycles. The maximum Gasteiger partial charge on any atom is 0.259 e. The average molecular weight is 509 g/mol. The number of rotatable bonds is 10. The molecule has 5 rings (SSSR count). The second-order valence-electron chi connectivity index (χ2n) is 10.2. The highest BCUT2D eigenvalue weighted by Gasteiger charge is 2.31. The van der Waals surface area contributed by atoms with Crippen LogP contribution in [0.25, 0.3) is 0 Å².